The highest BCUT2D eigenvalue weighted by molar-refractivity contribution is 5.10. The van der Waals surface area contributed by atoms with Crippen molar-refractivity contribution in [3.63, 3.8) is 0 Å². The van der Waals surface area contributed by atoms with E-state index in [1.54, 1.807) is 0 Å². The van der Waals surface area contributed by atoms with Gasteiger partial charge in [0.15, 0.2) is 0 Å². The van der Waals surface area contributed by atoms with E-state index in [0.29, 0.717) is 17.4 Å². The van der Waals surface area contributed by atoms with Crippen LogP contribution in [0, 0.1) is 11.3 Å². The Morgan fingerprint density at radius 1 is 0.929 bits per heavy atom. The molecule has 0 saturated carbocycles. The highest BCUT2D eigenvalue weighted by Crippen LogP contribution is 2.40. The summed E-state index contributed by atoms with van der Waals surface area (Å²) in [5.41, 5.74) is 1.47. The first-order valence-corrected chi connectivity index (χ1v) is 11.4. The lowest BCUT2D eigenvalue weighted by atomic mass is 9.68. The Hall–Kier alpha value is -0.940. The monoisotopic (exact) mass is 393 g/mol. The van der Waals surface area contributed by atoms with Gasteiger partial charge in [-0.1, -0.05) is 60.6 Å². The average Bonchev–Trinajstić information content (AvgIpc) is 3.11. The smallest absolute Gasteiger partial charge is 0.0883 e. The van der Waals surface area contributed by atoms with Gasteiger partial charge < -0.3 is 0 Å². The molecule has 2 heterocycles. The summed E-state index contributed by atoms with van der Waals surface area (Å²) in [4.78, 5) is 5.11. The van der Waals surface area contributed by atoms with Crippen LogP contribution in [-0.2, 0) is 12.0 Å². The first kappa shape index (κ1) is 25.1. The molecule has 2 rings (SSSR count). The number of hydrogen-bond donors (Lipinski definition) is 0. The van der Waals surface area contributed by atoms with Gasteiger partial charge in [0.2, 0.25) is 0 Å². The van der Waals surface area contributed by atoms with Gasteiger partial charge in [0.25, 0.3) is 0 Å². The second kappa shape index (κ2) is 10.7. The molecule has 0 N–H and O–H groups in total. The van der Waals surface area contributed by atoms with Crippen molar-refractivity contribution in [2.24, 2.45) is 11.3 Å². The van der Waals surface area contributed by atoms with E-state index in [0.717, 1.165) is 38.3 Å². The fourth-order valence-electron chi connectivity index (χ4n) is 3.90. The molecular formula is C23H47N5. The Morgan fingerprint density at radius 2 is 1.50 bits per heavy atom. The molecule has 28 heavy (non-hydrogen) atoms. The summed E-state index contributed by atoms with van der Waals surface area (Å²) in [6.07, 6.45) is 3.29. The minimum Gasteiger partial charge on any atom is -0.299 e. The van der Waals surface area contributed by atoms with Gasteiger partial charge in [-0.05, 0) is 31.6 Å². The van der Waals surface area contributed by atoms with Crippen LogP contribution >= 0.6 is 0 Å². The van der Waals surface area contributed by atoms with Crippen LogP contribution in [0.1, 0.15) is 81.4 Å². The van der Waals surface area contributed by atoms with Gasteiger partial charge in [-0.2, -0.15) is 0 Å². The summed E-state index contributed by atoms with van der Waals surface area (Å²) in [5, 5.41) is 8.93. The Morgan fingerprint density at radius 3 is 2.00 bits per heavy atom. The lowest BCUT2D eigenvalue weighted by Gasteiger charge is -2.37. The molecule has 5 heteroatoms. The van der Waals surface area contributed by atoms with E-state index in [1.165, 1.54) is 13.1 Å². The van der Waals surface area contributed by atoms with Gasteiger partial charge in [-0.25, -0.2) is 0 Å². The molecule has 1 aliphatic rings. The molecule has 0 aliphatic carbocycles. The van der Waals surface area contributed by atoms with Crippen LogP contribution in [-0.4, -0.2) is 63.6 Å². The molecule has 1 aromatic rings. The number of hydrogen-bond acceptors (Lipinski definition) is 4. The zero-order valence-electron chi connectivity index (χ0n) is 20.4. The van der Waals surface area contributed by atoms with Gasteiger partial charge in [-0.15, -0.1) is 5.10 Å². The van der Waals surface area contributed by atoms with Gasteiger partial charge >= 0.3 is 0 Å². The van der Waals surface area contributed by atoms with Gasteiger partial charge in [0.1, 0.15) is 0 Å². The maximum atomic E-state index is 4.52. The van der Waals surface area contributed by atoms with Gasteiger partial charge in [0, 0.05) is 50.4 Å². The standard InChI is InChI=1S/C21H41N5.C2H6/c1-17(2)20(5,6)16-21(7,8)19-15-26(23-22-19)14-11-24-9-12-25(13-10-24)18(3)4;1-2/h15,17-18H,9-14,16H2,1-8H3;1-2H3. The van der Waals surface area contributed by atoms with Crippen LogP contribution in [0.3, 0.4) is 0 Å². The zero-order valence-corrected chi connectivity index (χ0v) is 20.4. The van der Waals surface area contributed by atoms with Crippen molar-refractivity contribution in [2.75, 3.05) is 32.7 Å². The normalized spacial score (nSPS) is 17.1. The van der Waals surface area contributed by atoms with Gasteiger partial charge in [-0.3, -0.25) is 14.5 Å². The second-order valence-electron chi connectivity index (χ2n) is 10.0. The molecule has 0 amide bonds. The molecule has 0 aromatic carbocycles. The highest BCUT2D eigenvalue weighted by atomic mass is 15.4. The summed E-state index contributed by atoms with van der Waals surface area (Å²) in [6, 6.07) is 0.660. The molecule has 0 spiro atoms. The van der Waals surface area contributed by atoms with E-state index >= 15 is 0 Å². The highest BCUT2D eigenvalue weighted by Gasteiger charge is 2.34. The van der Waals surface area contributed by atoms with Crippen molar-refractivity contribution in [2.45, 2.75) is 93.7 Å². The van der Waals surface area contributed by atoms with E-state index in [1.807, 2.05) is 18.5 Å². The largest absolute Gasteiger partial charge is 0.299 e. The summed E-state index contributed by atoms with van der Waals surface area (Å²) in [5.74, 6) is 0.654. The Balaban J connectivity index is 0.00000190. The van der Waals surface area contributed by atoms with Crippen molar-refractivity contribution in [3.05, 3.63) is 11.9 Å². The minimum absolute atomic E-state index is 0.0505. The van der Waals surface area contributed by atoms with E-state index in [4.69, 9.17) is 0 Å². The van der Waals surface area contributed by atoms with E-state index < -0.39 is 0 Å². The van der Waals surface area contributed by atoms with Crippen LogP contribution in [0.15, 0.2) is 6.20 Å². The lowest BCUT2D eigenvalue weighted by molar-refractivity contribution is 0.105. The molecule has 0 bridgehead atoms. The molecule has 5 nitrogen and oxygen atoms in total. The summed E-state index contributed by atoms with van der Waals surface area (Å²) in [7, 11) is 0. The van der Waals surface area contributed by atoms with E-state index in [9.17, 15) is 0 Å². The quantitative estimate of drug-likeness (QED) is 0.642. The fraction of sp³-hybridized carbons (Fsp3) is 0.913. The fourth-order valence-corrected chi connectivity index (χ4v) is 3.90. The lowest BCUT2D eigenvalue weighted by Crippen LogP contribution is -2.49. The third-order valence-electron chi connectivity index (χ3n) is 6.48. The molecule has 164 valence electrons. The maximum Gasteiger partial charge on any atom is 0.0883 e. The number of aromatic nitrogens is 3. The number of rotatable bonds is 8. The molecule has 1 aliphatic heterocycles. The minimum atomic E-state index is 0.0505. The Labute approximate surface area is 174 Å². The Bertz CT molecular complexity index is 551. The maximum absolute atomic E-state index is 4.52. The summed E-state index contributed by atoms with van der Waals surface area (Å²) >= 11 is 0. The number of nitrogens with zero attached hydrogens (tertiary/aromatic N) is 5. The molecular weight excluding hydrogens is 346 g/mol. The average molecular weight is 394 g/mol. The predicted octanol–water partition coefficient (Wildman–Crippen LogP) is 4.68. The summed E-state index contributed by atoms with van der Waals surface area (Å²) < 4.78 is 2.04. The predicted molar refractivity (Wildman–Crippen MR) is 121 cm³/mol. The van der Waals surface area contributed by atoms with Crippen molar-refractivity contribution in [1.82, 2.24) is 24.8 Å². The first-order valence-electron chi connectivity index (χ1n) is 11.4. The third-order valence-corrected chi connectivity index (χ3v) is 6.48. The second-order valence-corrected chi connectivity index (χ2v) is 10.0. The topological polar surface area (TPSA) is 37.2 Å². The van der Waals surface area contributed by atoms with Crippen LogP contribution in [0.25, 0.3) is 0 Å². The SMILES string of the molecule is CC.CC(C)N1CCN(CCn2cc(C(C)(C)CC(C)(C)C(C)C)nn2)CC1. The van der Waals surface area contributed by atoms with Crippen LogP contribution in [0.2, 0.25) is 0 Å². The molecule has 0 atom stereocenters. The molecule has 0 radical (unpaired) electrons. The van der Waals surface area contributed by atoms with Crippen molar-refractivity contribution < 1.29 is 0 Å². The first-order chi connectivity index (χ1) is 13.0. The van der Waals surface area contributed by atoms with E-state index in [-0.39, 0.29) is 5.41 Å². The van der Waals surface area contributed by atoms with Crippen molar-refractivity contribution in [3.8, 4) is 0 Å². The molecule has 1 saturated heterocycles. The number of piperazine rings is 1. The van der Waals surface area contributed by atoms with Crippen LogP contribution in [0.5, 0.6) is 0 Å². The molecule has 0 unspecified atom stereocenters. The zero-order chi connectivity index (χ0) is 21.5. The van der Waals surface area contributed by atoms with Crippen molar-refractivity contribution in [1.29, 1.82) is 0 Å². The van der Waals surface area contributed by atoms with Crippen LogP contribution in [0.4, 0.5) is 0 Å². The summed E-state index contributed by atoms with van der Waals surface area (Å²) in [6.45, 7) is 29.2. The van der Waals surface area contributed by atoms with Crippen LogP contribution < -0.4 is 0 Å². The Kier molecular flexibility index (Phi) is 9.61. The van der Waals surface area contributed by atoms with Gasteiger partial charge in [0.05, 0.1) is 12.2 Å². The van der Waals surface area contributed by atoms with Crippen molar-refractivity contribution >= 4 is 0 Å². The molecule has 1 fully saturated rings. The molecule has 1 aromatic heterocycles. The third kappa shape index (κ3) is 7.14. The van der Waals surface area contributed by atoms with E-state index in [2.05, 4.69) is 81.7 Å².